The van der Waals surface area contributed by atoms with Gasteiger partial charge in [-0.2, -0.15) is 0 Å². The number of rotatable bonds is 4. The molecule has 1 unspecified atom stereocenters. The number of carbonyl (C=O) groups excluding carboxylic acids is 2. The van der Waals surface area contributed by atoms with Gasteiger partial charge in [0.15, 0.2) is 0 Å². The summed E-state index contributed by atoms with van der Waals surface area (Å²) in [5, 5.41) is 3.11. The van der Waals surface area contributed by atoms with Crippen LogP contribution in [-0.4, -0.2) is 79.1 Å². The molecule has 164 valence electrons. The summed E-state index contributed by atoms with van der Waals surface area (Å²) >= 11 is 0. The number of pyridine rings is 1. The van der Waals surface area contributed by atoms with Crippen molar-refractivity contribution >= 4 is 17.6 Å². The molecular weight excluding hydrogens is 394 g/mol. The summed E-state index contributed by atoms with van der Waals surface area (Å²) in [6.07, 6.45) is 2.38. The molecule has 0 spiro atoms. The maximum Gasteiger partial charge on any atom is 0.317 e. The molecule has 0 bridgehead atoms. The molecule has 0 saturated carbocycles. The third-order valence-electron chi connectivity index (χ3n) is 5.95. The number of urea groups is 1. The van der Waals surface area contributed by atoms with Gasteiger partial charge in [0.05, 0.1) is 18.4 Å². The Morgan fingerprint density at radius 3 is 2.52 bits per heavy atom. The van der Waals surface area contributed by atoms with E-state index in [2.05, 4.69) is 15.2 Å². The SMILES string of the molecule is COc1ccccc1N1CCN(C(=O)NC2CCN(C(=O)c3ccc(C)nc3)C2)CC1. The smallest absolute Gasteiger partial charge is 0.317 e. The van der Waals surface area contributed by atoms with Crippen molar-refractivity contribution in [2.75, 3.05) is 51.3 Å². The fraction of sp³-hybridized carbons (Fsp3) is 0.435. The van der Waals surface area contributed by atoms with Crippen LogP contribution in [-0.2, 0) is 0 Å². The second-order valence-electron chi connectivity index (χ2n) is 8.02. The number of methoxy groups -OCH3 is 1. The number of carbonyl (C=O) groups is 2. The van der Waals surface area contributed by atoms with Gasteiger partial charge in [-0.25, -0.2) is 4.79 Å². The van der Waals surface area contributed by atoms with E-state index in [4.69, 9.17) is 4.74 Å². The number of nitrogens with zero attached hydrogens (tertiary/aromatic N) is 4. The first-order chi connectivity index (χ1) is 15.0. The summed E-state index contributed by atoms with van der Waals surface area (Å²) in [6.45, 7) is 5.86. The largest absolute Gasteiger partial charge is 0.495 e. The van der Waals surface area contributed by atoms with Crippen LogP contribution in [0.25, 0.3) is 0 Å². The Balaban J connectivity index is 1.27. The Hall–Kier alpha value is -3.29. The monoisotopic (exact) mass is 423 g/mol. The van der Waals surface area contributed by atoms with E-state index in [9.17, 15) is 9.59 Å². The number of piperazine rings is 1. The summed E-state index contributed by atoms with van der Waals surface area (Å²) in [5.41, 5.74) is 2.53. The number of anilines is 1. The predicted octanol–water partition coefficient (Wildman–Crippen LogP) is 2.14. The molecule has 2 aliphatic heterocycles. The van der Waals surface area contributed by atoms with Crippen molar-refractivity contribution in [2.45, 2.75) is 19.4 Å². The molecule has 2 fully saturated rings. The molecule has 1 N–H and O–H groups in total. The first kappa shape index (κ1) is 21.0. The van der Waals surface area contributed by atoms with Crippen LogP contribution in [0.15, 0.2) is 42.6 Å². The zero-order chi connectivity index (χ0) is 21.8. The van der Waals surface area contributed by atoms with Crippen molar-refractivity contribution < 1.29 is 14.3 Å². The van der Waals surface area contributed by atoms with E-state index >= 15 is 0 Å². The van der Waals surface area contributed by atoms with Crippen LogP contribution in [0.4, 0.5) is 10.5 Å². The molecule has 2 aliphatic rings. The quantitative estimate of drug-likeness (QED) is 0.815. The van der Waals surface area contributed by atoms with Crippen molar-refractivity contribution in [3.8, 4) is 5.75 Å². The Morgan fingerprint density at radius 1 is 1.03 bits per heavy atom. The van der Waals surface area contributed by atoms with Crippen LogP contribution < -0.4 is 15.0 Å². The zero-order valence-electron chi connectivity index (χ0n) is 18.1. The number of amides is 3. The molecule has 1 atom stereocenters. The highest BCUT2D eigenvalue weighted by Gasteiger charge is 2.30. The van der Waals surface area contributed by atoms with Crippen LogP contribution >= 0.6 is 0 Å². The third kappa shape index (κ3) is 4.73. The van der Waals surface area contributed by atoms with Gasteiger partial charge in [0, 0.05) is 57.2 Å². The van der Waals surface area contributed by atoms with Crippen molar-refractivity contribution in [3.05, 3.63) is 53.9 Å². The molecule has 1 aromatic heterocycles. The van der Waals surface area contributed by atoms with Crippen molar-refractivity contribution in [1.82, 2.24) is 20.1 Å². The molecule has 2 saturated heterocycles. The number of hydrogen-bond donors (Lipinski definition) is 1. The summed E-state index contributed by atoms with van der Waals surface area (Å²) in [6, 6.07) is 11.5. The van der Waals surface area contributed by atoms with E-state index in [1.807, 2.05) is 42.2 Å². The average molecular weight is 424 g/mol. The molecule has 0 aliphatic carbocycles. The number of ether oxygens (including phenoxy) is 1. The lowest BCUT2D eigenvalue weighted by Crippen LogP contribution is -2.54. The zero-order valence-corrected chi connectivity index (χ0v) is 18.1. The number of benzene rings is 1. The Kier molecular flexibility index (Phi) is 6.25. The second kappa shape index (κ2) is 9.24. The van der Waals surface area contributed by atoms with Crippen molar-refractivity contribution in [2.24, 2.45) is 0 Å². The van der Waals surface area contributed by atoms with Gasteiger partial charge in [-0.05, 0) is 37.6 Å². The number of likely N-dealkylation sites (tertiary alicyclic amines) is 1. The molecule has 31 heavy (non-hydrogen) atoms. The topological polar surface area (TPSA) is 78.0 Å². The van der Waals surface area contributed by atoms with Crippen LogP contribution in [0, 0.1) is 6.92 Å². The molecule has 3 heterocycles. The average Bonchev–Trinajstić information content (AvgIpc) is 3.27. The van der Waals surface area contributed by atoms with Gasteiger partial charge in [0.25, 0.3) is 5.91 Å². The Labute approximate surface area is 182 Å². The van der Waals surface area contributed by atoms with E-state index in [1.54, 1.807) is 24.3 Å². The highest BCUT2D eigenvalue weighted by Crippen LogP contribution is 2.28. The normalized spacial score (nSPS) is 18.8. The first-order valence-corrected chi connectivity index (χ1v) is 10.7. The number of hydrogen-bond acceptors (Lipinski definition) is 5. The molecule has 2 aromatic rings. The van der Waals surface area contributed by atoms with Gasteiger partial charge in [-0.3, -0.25) is 9.78 Å². The predicted molar refractivity (Wildman–Crippen MR) is 119 cm³/mol. The lowest BCUT2D eigenvalue weighted by atomic mass is 10.2. The minimum atomic E-state index is -0.0593. The number of nitrogens with one attached hydrogen (secondary N) is 1. The lowest BCUT2D eigenvalue weighted by Gasteiger charge is -2.37. The van der Waals surface area contributed by atoms with E-state index < -0.39 is 0 Å². The third-order valence-corrected chi connectivity index (χ3v) is 5.95. The Bertz CT molecular complexity index is 925. The summed E-state index contributed by atoms with van der Waals surface area (Å²) in [5.74, 6) is 0.814. The molecule has 8 nitrogen and oxygen atoms in total. The number of aromatic nitrogens is 1. The standard InChI is InChI=1S/C23H29N5O3/c1-17-7-8-18(15-24-17)22(29)28-10-9-19(16-28)25-23(30)27-13-11-26(12-14-27)20-5-3-4-6-21(20)31-2/h3-8,15,19H,9-14,16H2,1-2H3,(H,25,30). The van der Waals surface area contributed by atoms with E-state index in [1.165, 1.54) is 0 Å². The minimum absolute atomic E-state index is 0.0258. The fourth-order valence-electron chi connectivity index (χ4n) is 4.15. The maximum atomic E-state index is 12.8. The summed E-state index contributed by atoms with van der Waals surface area (Å²) in [4.78, 5) is 35.5. The second-order valence-corrected chi connectivity index (χ2v) is 8.02. The van der Waals surface area contributed by atoms with Crippen molar-refractivity contribution in [3.63, 3.8) is 0 Å². The van der Waals surface area contributed by atoms with E-state index in [-0.39, 0.29) is 18.0 Å². The van der Waals surface area contributed by atoms with Gasteiger partial charge in [-0.15, -0.1) is 0 Å². The highest BCUT2D eigenvalue weighted by molar-refractivity contribution is 5.94. The number of aryl methyl sites for hydroxylation is 1. The van der Waals surface area contributed by atoms with Crippen molar-refractivity contribution in [1.29, 1.82) is 0 Å². The van der Waals surface area contributed by atoms with Gasteiger partial charge >= 0.3 is 6.03 Å². The first-order valence-electron chi connectivity index (χ1n) is 10.7. The number of para-hydroxylation sites is 2. The van der Waals surface area contributed by atoms with Crippen LogP contribution in [0.1, 0.15) is 22.5 Å². The summed E-state index contributed by atoms with van der Waals surface area (Å²) in [7, 11) is 1.67. The summed E-state index contributed by atoms with van der Waals surface area (Å²) < 4.78 is 5.46. The van der Waals surface area contributed by atoms with Crippen LogP contribution in [0.3, 0.4) is 0 Å². The van der Waals surface area contributed by atoms with E-state index in [0.29, 0.717) is 31.7 Å². The molecule has 8 heteroatoms. The van der Waals surface area contributed by atoms with Gasteiger partial charge in [0.1, 0.15) is 5.75 Å². The molecule has 4 rings (SSSR count). The molecule has 3 amide bonds. The van der Waals surface area contributed by atoms with Gasteiger partial charge in [-0.1, -0.05) is 12.1 Å². The molecule has 0 radical (unpaired) electrons. The van der Waals surface area contributed by atoms with Crippen LogP contribution in [0.2, 0.25) is 0 Å². The molecular formula is C23H29N5O3. The highest BCUT2D eigenvalue weighted by atomic mass is 16.5. The minimum Gasteiger partial charge on any atom is -0.495 e. The van der Waals surface area contributed by atoms with E-state index in [0.717, 1.165) is 36.6 Å². The molecule has 1 aromatic carbocycles. The maximum absolute atomic E-state index is 12.8. The van der Waals surface area contributed by atoms with Gasteiger partial charge in [0.2, 0.25) is 0 Å². The van der Waals surface area contributed by atoms with Crippen LogP contribution in [0.5, 0.6) is 5.75 Å². The van der Waals surface area contributed by atoms with Gasteiger partial charge < -0.3 is 24.8 Å². The Morgan fingerprint density at radius 2 is 1.81 bits per heavy atom. The fourth-order valence-corrected chi connectivity index (χ4v) is 4.15. The lowest BCUT2D eigenvalue weighted by molar-refractivity contribution is 0.0788.